The molecule has 72 valence electrons. The molecular formula is C10H21NO. The first-order valence-corrected chi connectivity index (χ1v) is 4.69. The second-order valence-electron chi connectivity index (χ2n) is 2.18. The van der Waals surface area contributed by atoms with E-state index in [9.17, 15) is 4.79 Å². The van der Waals surface area contributed by atoms with Crippen molar-refractivity contribution in [1.82, 2.24) is 5.32 Å². The van der Waals surface area contributed by atoms with Gasteiger partial charge in [-0.3, -0.25) is 4.79 Å². The molecule has 1 saturated heterocycles. The molecule has 0 bridgehead atoms. The molecule has 0 aromatic rings. The normalized spacial score (nSPS) is 19.9. The summed E-state index contributed by atoms with van der Waals surface area (Å²) in [7, 11) is 0. The van der Waals surface area contributed by atoms with Gasteiger partial charge in [0.25, 0.3) is 0 Å². The second-order valence-corrected chi connectivity index (χ2v) is 2.18. The van der Waals surface area contributed by atoms with E-state index in [1.807, 2.05) is 34.6 Å². The molecule has 0 spiro atoms. The van der Waals surface area contributed by atoms with Crippen molar-refractivity contribution in [2.75, 3.05) is 0 Å². The van der Waals surface area contributed by atoms with E-state index in [2.05, 4.69) is 11.9 Å². The molecule has 1 rings (SSSR count). The van der Waals surface area contributed by atoms with Crippen molar-refractivity contribution in [3.8, 4) is 0 Å². The predicted octanol–water partition coefficient (Wildman–Crippen LogP) is 2.71. The van der Waals surface area contributed by atoms with Crippen LogP contribution < -0.4 is 5.32 Å². The minimum Gasteiger partial charge on any atom is -0.330 e. The fraction of sp³-hybridized carbons (Fsp3) is 0.700. The average molecular weight is 171 g/mol. The van der Waals surface area contributed by atoms with Gasteiger partial charge in [0.1, 0.15) is 0 Å². The molecule has 1 fully saturated rings. The summed E-state index contributed by atoms with van der Waals surface area (Å²) in [6, 6.07) is 0. The number of allylic oxidation sites excluding steroid dienone is 1. The lowest BCUT2D eigenvalue weighted by Crippen LogP contribution is -2.10. The van der Waals surface area contributed by atoms with Crippen molar-refractivity contribution in [3.63, 3.8) is 0 Å². The van der Waals surface area contributed by atoms with Gasteiger partial charge in [-0.1, -0.05) is 41.2 Å². The predicted molar refractivity (Wildman–Crippen MR) is 53.8 cm³/mol. The number of carbonyl (C=O) groups excluding carboxylic acids is 1. The summed E-state index contributed by atoms with van der Waals surface area (Å²) in [5.74, 6) is 0.435. The second kappa shape index (κ2) is 8.31. The summed E-state index contributed by atoms with van der Waals surface area (Å²) < 4.78 is 0. The Morgan fingerprint density at radius 1 is 1.33 bits per heavy atom. The zero-order valence-corrected chi connectivity index (χ0v) is 8.90. The first-order valence-electron chi connectivity index (χ1n) is 4.69. The third-order valence-electron chi connectivity index (χ3n) is 1.39. The van der Waals surface area contributed by atoms with Crippen LogP contribution in [0.15, 0.2) is 12.3 Å². The van der Waals surface area contributed by atoms with E-state index >= 15 is 0 Å². The summed E-state index contributed by atoms with van der Waals surface area (Å²) in [5.41, 5.74) is 0.856. The Hall–Kier alpha value is -0.790. The summed E-state index contributed by atoms with van der Waals surface area (Å²) >= 11 is 0. The Bertz CT molecular complexity index is 141. The Kier molecular flexibility index (Phi) is 9.54. The molecular weight excluding hydrogens is 150 g/mol. The lowest BCUT2D eigenvalue weighted by atomic mass is 10.1. The topological polar surface area (TPSA) is 29.1 Å². The van der Waals surface area contributed by atoms with Crippen LogP contribution >= 0.6 is 0 Å². The van der Waals surface area contributed by atoms with Gasteiger partial charge in [0, 0.05) is 18.0 Å². The summed E-state index contributed by atoms with van der Waals surface area (Å²) in [4.78, 5) is 10.5. The van der Waals surface area contributed by atoms with E-state index in [0.717, 1.165) is 5.70 Å². The monoisotopic (exact) mass is 171 g/mol. The molecule has 1 heterocycles. The van der Waals surface area contributed by atoms with Crippen LogP contribution in [0.1, 0.15) is 41.0 Å². The van der Waals surface area contributed by atoms with Crippen LogP contribution in [0, 0.1) is 5.92 Å². The van der Waals surface area contributed by atoms with Crippen molar-refractivity contribution in [2.24, 2.45) is 5.92 Å². The van der Waals surface area contributed by atoms with Gasteiger partial charge in [0.05, 0.1) is 0 Å². The zero-order chi connectivity index (χ0) is 10.1. The van der Waals surface area contributed by atoms with Crippen LogP contribution in [0.2, 0.25) is 0 Å². The number of hydrogen-bond donors (Lipinski definition) is 1. The van der Waals surface area contributed by atoms with Gasteiger partial charge in [0.15, 0.2) is 0 Å². The highest BCUT2D eigenvalue weighted by atomic mass is 16.1. The maximum atomic E-state index is 10.5. The smallest absolute Gasteiger partial charge is 0.224 e. The highest BCUT2D eigenvalue weighted by Gasteiger charge is 2.20. The highest BCUT2D eigenvalue weighted by molar-refractivity contribution is 5.81. The van der Waals surface area contributed by atoms with Crippen LogP contribution in [0.5, 0.6) is 0 Å². The summed E-state index contributed by atoms with van der Waals surface area (Å²) in [6.45, 7) is 13.6. The highest BCUT2D eigenvalue weighted by Crippen LogP contribution is 2.15. The minimum absolute atomic E-state index is 0.0995. The molecule has 0 aromatic heterocycles. The van der Waals surface area contributed by atoms with Crippen LogP contribution in [-0.2, 0) is 4.79 Å². The fourth-order valence-electron chi connectivity index (χ4n) is 0.755. The van der Waals surface area contributed by atoms with Crippen molar-refractivity contribution >= 4 is 5.91 Å². The Labute approximate surface area is 76.1 Å². The first-order chi connectivity index (χ1) is 5.70. The van der Waals surface area contributed by atoms with Crippen LogP contribution in [0.4, 0.5) is 0 Å². The van der Waals surface area contributed by atoms with Gasteiger partial charge in [-0.05, 0) is 0 Å². The molecule has 2 nitrogen and oxygen atoms in total. The maximum absolute atomic E-state index is 10.5. The van der Waals surface area contributed by atoms with E-state index < -0.39 is 0 Å². The van der Waals surface area contributed by atoms with Gasteiger partial charge in [-0.2, -0.15) is 0 Å². The lowest BCUT2D eigenvalue weighted by Gasteiger charge is -1.95. The number of amides is 1. The molecule has 12 heavy (non-hydrogen) atoms. The van der Waals surface area contributed by atoms with Gasteiger partial charge >= 0.3 is 0 Å². The summed E-state index contributed by atoms with van der Waals surface area (Å²) in [6.07, 6.45) is 0.610. The van der Waals surface area contributed by atoms with Crippen molar-refractivity contribution in [1.29, 1.82) is 0 Å². The van der Waals surface area contributed by atoms with Gasteiger partial charge < -0.3 is 5.32 Å². The molecule has 1 aliphatic heterocycles. The van der Waals surface area contributed by atoms with Crippen LogP contribution in [-0.4, -0.2) is 5.91 Å². The van der Waals surface area contributed by atoms with Gasteiger partial charge in [-0.25, -0.2) is 0 Å². The molecule has 1 unspecified atom stereocenters. The molecule has 0 aliphatic carbocycles. The Balaban J connectivity index is 0. The standard InChI is InChI=1S/C6H9NO.2C2H6/c1-4-3-6(8)7-5(4)2;2*1-2/h4H,2-3H2,1H3,(H,7,8);2*1-2H3. The van der Waals surface area contributed by atoms with Crippen molar-refractivity contribution in [2.45, 2.75) is 41.0 Å². The van der Waals surface area contributed by atoms with Crippen molar-refractivity contribution in [3.05, 3.63) is 12.3 Å². The SMILES string of the molecule is C=C1NC(=O)CC1C.CC.CC. The van der Waals surface area contributed by atoms with Crippen LogP contribution in [0.25, 0.3) is 0 Å². The van der Waals surface area contributed by atoms with E-state index in [1.54, 1.807) is 0 Å². The molecule has 1 atom stereocenters. The first kappa shape index (κ1) is 13.8. The molecule has 0 radical (unpaired) electrons. The maximum Gasteiger partial charge on any atom is 0.224 e. The number of nitrogens with one attached hydrogen (secondary N) is 1. The van der Waals surface area contributed by atoms with E-state index in [0.29, 0.717) is 12.3 Å². The van der Waals surface area contributed by atoms with Crippen molar-refractivity contribution < 1.29 is 4.79 Å². The number of carbonyl (C=O) groups is 1. The molecule has 1 N–H and O–H groups in total. The van der Waals surface area contributed by atoms with Gasteiger partial charge in [-0.15, -0.1) is 0 Å². The number of rotatable bonds is 0. The minimum atomic E-state index is 0.0995. The quantitative estimate of drug-likeness (QED) is 0.596. The zero-order valence-electron chi connectivity index (χ0n) is 8.90. The molecule has 2 heteroatoms. The molecule has 1 aliphatic rings. The fourth-order valence-corrected chi connectivity index (χ4v) is 0.755. The summed E-state index contributed by atoms with van der Waals surface area (Å²) in [5, 5.41) is 2.63. The van der Waals surface area contributed by atoms with Crippen LogP contribution in [0.3, 0.4) is 0 Å². The average Bonchev–Trinajstić information content (AvgIpc) is 2.37. The molecule has 0 saturated carbocycles. The largest absolute Gasteiger partial charge is 0.330 e. The van der Waals surface area contributed by atoms with E-state index in [1.165, 1.54) is 0 Å². The Morgan fingerprint density at radius 2 is 1.75 bits per heavy atom. The third kappa shape index (κ3) is 4.94. The third-order valence-corrected chi connectivity index (χ3v) is 1.39. The molecule has 1 amide bonds. The van der Waals surface area contributed by atoms with Gasteiger partial charge in [0.2, 0.25) is 5.91 Å². The van der Waals surface area contributed by atoms with E-state index in [-0.39, 0.29) is 5.91 Å². The lowest BCUT2D eigenvalue weighted by molar-refractivity contribution is -0.119. The number of hydrogen-bond acceptors (Lipinski definition) is 1. The molecule has 0 aromatic carbocycles. The Morgan fingerprint density at radius 3 is 1.83 bits per heavy atom. The van der Waals surface area contributed by atoms with E-state index in [4.69, 9.17) is 0 Å².